The number of benzene rings is 2. The summed E-state index contributed by atoms with van der Waals surface area (Å²) in [6.45, 7) is 4.32. The quantitative estimate of drug-likeness (QED) is 0.0704. The molecule has 2 aromatic carbocycles. The van der Waals surface area contributed by atoms with E-state index in [4.69, 9.17) is 0 Å². The summed E-state index contributed by atoms with van der Waals surface area (Å²) < 4.78 is 70.1. The summed E-state index contributed by atoms with van der Waals surface area (Å²) in [5.74, 6) is -1.91. The van der Waals surface area contributed by atoms with Crippen molar-refractivity contribution < 1.29 is 103 Å². The van der Waals surface area contributed by atoms with Crippen molar-refractivity contribution >= 4 is 64.6 Å². The van der Waals surface area contributed by atoms with Gasteiger partial charge in [-0.05, 0) is 65.8 Å². The van der Waals surface area contributed by atoms with Crippen LogP contribution in [0.2, 0.25) is 0 Å². The molecule has 0 radical (unpaired) electrons. The molecule has 0 saturated carbocycles. The van der Waals surface area contributed by atoms with Gasteiger partial charge in [0.1, 0.15) is 0 Å². The van der Waals surface area contributed by atoms with Crippen LogP contribution in [0.4, 0.5) is 0 Å². The Hall–Kier alpha value is 0.160. The molecule has 0 unspecified atom stereocenters. The fourth-order valence-corrected chi connectivity index (χ4v) is 6.70. The van der Waals surface area contributed by atoms with Crippen LogP contribution in [0.1, 0.15) is 141 Å². The summed E-state index contributed by atoms with van der Waals surface area (Å²) in [4.78, 5) is 21.7. The Morgan fingerprint density at radius 2 is 0.863 bits per heavy atom. The topological polar surface area (TPSA) is 167 Å². The number of halogens is 2. The van der Waals surface area contributed by atoms with Gasteiger partial charge in [-0.2, -0.15) is 0 Å². The summed E-state index contributed by atoms with van der Waals surface area (Å²) in [5.41, 5.74) is 5.58. The number of rotatable bonds is 20. The SMILES string of the molecule is Brc1ccc2c(c1)Cc1cc(Br)ccc1-2.CCCCCCCCCCC(=O)OS(=O)(=O)[O-].CCCCCCCCCCC(=O)OS(=O)(=O)[O-].[Na+].[Na+]. The smallest absolute Gasteiger partial charge is 0.716 e. The van der Waals surface area contributed by atoms with Crippen LogP contribution in [0, 0.1) is 0 Å². The molecule has 1 aliphatic carbocycles. The minimum Gasteiger partial charge on any atom is -0.716 e. The van der Waals surface area contributed by atoms with Crippen LogP contribution in [0.3, 0.4) is 0 Å². The third-order valence-electron chi connectivity index (χ3n) is 7.66. The van der Waals surface area contributed by atoms with E-state index in [9.17, 15) is 35.5 Å². The molecule has 0 aliphatic heterocycles. The molecule has 0 bridgehead atoms. The molecule has 3 rings (SSSR count). The van der Waals surface area contributed by atoms with Crippen LogP contribution in [0.25, 0.3) is 11.1 Å². The molecule has 278 valence electrons. The average molecular weight is 901 g/mol. The van der Waals surface area contributed by atoms with Gasteiger partial charge in [-0.3, -0.25) is 9.59 Å². The van der Waals surface area contributed by atoms with Gasteiger partial charge in [0.15, 0.2) is 0 Å². The molecule has 1 aliphatic rings. The van der Waals surface area contributed by atoms with Gasteiger partial charge < -0.3 is 17.5 Å². The Kier molecular flexibility index (Phi) is 31.7. The Balaban J connectivity index is 0. The molecule has 16 heteroatoms. The van der Waals surface area contributed by atoms with Gasteiger partial charge in [0.05, 0.1) is 0 Å². The number of carbonyl (C=O) groups excluding carboxylic acids is 2. The molecular formula is C35H50Br2Na2O10S2. The van der Waals surface area contributed by atoms with Crippen LogP contribution >= 0.6 is 31.9 Å². The molecule has 0 saturated heterocycles. The van der Waals surface area contributed by atoms with Gasteiger partial charge in [0.25, 0.3) is 20.8 Å². The molecule has 0 spiro atoms. The molecular weight excluding hydrogens is 850 g/mol. The first-order chi connectivity index (χ1) is 23.1. The van der Waals surface area contributed by atoms with Crippen LogP contribution in [-0.4, -0.2) is 37.9 Å². The Labute approximate surface area is 367 Å². The molecule has 0 amide bonds. The first-order valence-electron chi connectivity index (χ1n) is 17.1. The van der Waals surface area contributed by atoms with Gasteiger partial charge in [-0.1, -0.05) is 148 Å². The van der Waals surface area contributed by atoms with E-state index in [0.717, 1.165) is 53.9 Å². The number of carbonyl (C=O) groups is 2. The normalized spacial score (nSPS) is 11.3. The maximum atomic E-state index is 10.8. The number of fused-ring (bicyclic) bond motifs is 3. The van der Waals surface area contributed by atoms with Crippen molar-refractivity contribution in [2.45, 2.75) is 136 Å². The second-order valence-corrected chi connectivity index (χ2v) is 15.8. The summed E-state index contributed by atoms with van der Waals surface area (Å²) >= 11 is 7.03. The van der Waals surface area contributed by atoms with Gasteiger partial charge >= 0.3 is 71.1 Å². The largest absolute Gasteiger partial charge is 1.00 e. The van der Waals surface area contributed by atoms with Crippen molar-refractivity contribution in [2.75, 3.05) is 0 Å². The van der Waals surface area contributed by atoms with Crippen molar-refractivity contribution in [2.24, 2.45) is 0 Å². The minimum atomic E-state index is -4.88. The van der Waals surface area contributed by atoms with E-state index in [2.05, 4.69) is 90.5 Å². The molecule has 10 nitrogen and oxygen atoms in total. The standard InChI is InChI=1S/C13H8Br2.2C11H22O5S.2Na/c14-10-1-3-12-8(6-10)5-9-7-11(15)2-4-13(9)12;2*1-2-3-4-5-6-7-8-9-10-11(12)16-17(13,14)15;;/h1-4,6-7H,5H2;2*2-10H2,1H3,(H,13,14,15);;/q;;;2*+1/p-2. The van der Waals surface area contributed by atoms with Crippen LogP contribution in [-0.2, 0) is 45.2 Å². The third-order valence-corrected chi connectivity index (χ3v) is 9.43. The van der Waals surface area contributed by atoms with Gasteiger partial charge in [0.2, 0.25) is 0 Å². The zero-order valence-corrected chi connectivity index (χ0v) is 39.4. The second-order valence-electron chi connectivity index (χ2n) is 12.0. The predicted molar refractivity (Wildman–Crippen MR) is 196 cm³/mol. The van der Waals surface area contributed by atoms with Crippen LogP contribution in [0.5, 0.6) is 0 Å². The van der Waals surface area contributed by atoms with E-state index in [1.807, 2.05) is 0 Å². The Morgan fingerprint density at radius 3 is 1.16 bits per heavy atom. The zero-order valence-electron chi connectivity index (χ0n) is 30.6. The zero-order chi connectivity index (χ0) is 36.7. The van der Waals surface area contributed by atoms with Crippen molar-refractivity contribution in [3.8, 4) is 11.1 Å². The summed E-state index contributed by atoms with van der Waals surface area (Å²) in [7, 11) is -9.76. The van der Waals surface area contributed by atoms with E-state index in [-0.39, 0.29) is 72.0 Å². The van der Waals surface area contributed by atoms with Gasteiger partial charge in [-0.25, -0.2) is 16.8 Å². The van der Waals surface area contributed by atoms with Crippen molar-refractivity contribution in [3.63, 3.8) is 0 Å². The van der Waals surface area contributed by atoms with Crippen molar-refractivity contribution in [1.29, 1.82) is 0 Å². The maximum absolute atomic E-state index is 10.8. The predicted octanol–water partition coefficient (Wildman–Crippen LogP) is 3.83. The fourth-order valence-electron chi connectivity index (χ4n) is 5.27. The van der Waals surface area contributed by atoms with Crippen molar-refractivity contribution in [1.82, 2.24) is 0 Å². The number of unbranched alkanes of at least 4 members (excludes halogenated alkanes) is 14. The molecule has 0 atom stereocenters. The van der Waals surface area contributed by atoms with E-state index in [1.54, 1.807) is 0 Å². The monoisotopic (exact) mass is 898 g/mol. The van der Waals surface area contributed by atoms with Gasteiger partial charge in [0, 0.05) is 21.8 Å². The Morgan fingerprint density at radius 1 is 0.569 bits per heavy atom. The summed E-state index contributed by atoms with van der Waals surface area (Å²) in [6.07, 6.45) is 18.1. The molecule has 0 aromatic heterocycles. The van der Waals surface area contributed by atoms with Crippen LogP contribution < -0.4 is 59.1 Å². The average Bonchev–Trinajstić information content (AvgIpc) is 3.35. The summed E-state index contributed by atoms with van der Waals surface area (Å²) in [6, 6.07) is 13.0. The molecule has 0 fully saturated rings. The molecule has 2 aromatic rings. The van der Waals surface area contributed by atoms with E-state index >= 15 is 0 Å². The second kappa shape index (κ2) is 30.4. The Bertz CT molecular complexity index is 1400. The first-order valence-corrected chi connectivity index (χ1v) is 21.3. The summed E-state index contributed by atoms with van der Waals surface area (Å²) in [5, 5.41) is 0. The van der Waals surface area contributed by atoms with Crippen molar-refractivity contribution in [3.05, 3.63) is 56.5 Å². The minimum absolute atomic E-state index is 0. The first kappa shape index (κ1) is 53.3. The van der Waals surface area contributed by atoms with Crippen LogP contribution in [0.15, 0.2) is 45.3 Å². The number of hydrogen-bond donors (Lipinski definition) is 0. The van der Waals surface area contributed by atoms with Gasteiger partial charge in [-0.15, -0.1) is 0 Å². The van der Waals surface area contributed by atoms with E-state index in [0.29, 0.717) is 12.8 Å². The van der Waals surface area contributed by atoms with E-state index < -0.39 is 32.7 Å². The molecule has 51 heavy (non-hydrogen) atoms. The molecule has 0 heterocycles. The van der Waals surface area contributed by atoms with E-state index in [1.165, 1.54) is 73.6 Å². The maximum Gasteiger partial charge on any atom is 1.00 e. The fraction of sp³-hybridized carbons (Fsp3) is 0.600. The third kappa shape index (κ3) is 28.3. The number of hydrogen-bond acceptors (Lipinski definition) is 10. The molecule has 0 N–H and O–H groups in total.